The lowest BCUT2D eigenvalue weighted by molar-refractivity contribution is 0.0906. The third-order valence-electron chi connectivity index (χ3n) is 3.29. The average Bonchev–Trinajstić information content (AvgIpc) is 2.47. The molecule has 0 aromatic heterocycles. The summed E-state index contributed by atoms with van der Waals surface area (Å²) in [4.78, 5) is 0. The van der Waals surface area contributed by atoms with Crippen molar-refractivity contribution in [1.29, 1.82) is 0 Å². The first-order valence-corrected chi connectivity index (χ1v) is 10.8. The lowest BCUT2D eigenvalue weighted by atomic mass is 9.99. The monoisotopic (exact) mass is 300 g/mol. The number of aliphatic hydroxyl groups excluding tert-OH is 1. The van der Waals surface area contributed by atoms with E-state index in [1.165, 1.54) is 0 Å². The molecule has 0 spiro atoms. The van der Waals surface area contributed by atoms with Gasteiger partial charge in [-0.3, -0.25) is 0 Å². The molecule has 112 valence electrons. The van der Waals surface area contributed by atoms with Crippen LogP contribution in [0.4, 0.5) is 0 Å². The van der Waals surface area contributed by atoms with Crippen LogP contribution in [0.2, 0.25) is 19.6 Å². The van der Waals surface area contributed by atoms with E-state index in [1.807, 2.05) is 48.5 Å². The highest BCUT2D eigenvalue weighted by Crippen LogP contribution is 2.31. The highest BCUT2D eigenvalue weighted by Gasteiger charge is 2.25. The van der Waals surface area contributed by atoms with Crippen molar-refractivity contribution in [1.82, 2.24) is 0 Å². The van der Waals surface area contributed by atoms with Crippen LogP contribution in [-0.4, -0.2) is 13.4 Å². The lowest BCUT2D eigenvalue weighted by Gasteiger charge is -2.28. The van der Waals surface area contributed by atoms with Crippen LogP contribution in [0.1, 0.15) is 29.8 Å². The maximum absolute atomic E-state index is 10.5. The highest BCUT2D eigenvalue weighted by atomic mass is 28.4. The Morgan fingerprint density at radius 2 is 1.33 bits per heavy atom. The molecular formula is C18H24O2Si. The van der Waals surface area contributed by atoms with Crippen LogP contribution in [-0.2, 0) is 4.43 Å². The highest BCUT2D eigenvalue weighted by molar-refractivity contribution is 6.69. The summed E-state index contributed by atoms with van der Waals surface area (Å²) in [5.74, 6) is 0. The fourth-order valence-electron chi connectivity index (χ4n) is 2.36. The quantitative estimate of drug-likeness (QED) is 0.783. The fraction of sp³-hybridized carbons (Fsp3) is 0.333. The van der Waals surface area contributed by atoms with Crippen molar-refractivity contribution in [3.63, 3.8) is 0 Å². The zero-order valence-electron chi connectivity index (χ0n) is 13.0. The van der Waals surface area contributed by atoms with E-state index in [0.29, 0.717) is 6.42 Å². The molecule has 0 aliphatic heterocycles. The van der Waals surface area contributed by atoms with Gasteiger partial charge in [0.05, 0.1) is 12.2 Å². The Kier molecular flexibility index (Phi) is 5.34. The van der Waals surface area contributed by atoms with Crippen molar-refractivity contribution in [2.75, 3.05) is 0 Å². The first-order valence-electron chi connectivity index (χ1n) is 7.41. The van der Waals surface area contributed by atoms with E-state index in [0.717, 1.165) is 11.1 Å². The second kappa shape index (κ2) is 7.03. The molecule has 0 heterocycles. The third kappa shape index (κ3) is 5.12. The van der Waals surface area contributed by atoms with Crippen molar-refractivity contribution in [3.8, 4) is 0 Å². The molecule has 0 radical (unpaired) electrons. The van der Waals surface area contributed by atoms with Gasteiger partial charge in [-0.25, -0.2) is 0 Å². The molecule has 0 saturated heterocycles. The summed E-state index contributed by atoms with van der Waals surface area (Å²) in [6, 6.07) is 20.0. The third-order valence-corrected chi connectivity index (χ3v) is 4.28. The topological polar surface area (TPSA) is 29.5 Å². The molecular weight excluding hydrogens is 276 g/mol. The minimum absolute atomic E-state index is 0.0620. The minimum Gasteiger partial charge on any atom is -0.411 e. The fourth-order valence-corrected chi connectivity index (χ4v) is 3.45. The largest absolute Gasteiger partial charge is 0.411 e. The van der Waals surface area contributed by atoms with Gasteiger partial charge in [-0.2, -0.15) is 0 Å². The van der Waals surface area contributed by atoms with E-state index in [2.05, 4.69) is 31.8 Å². The van der Waals surface area contributed by atoms with Crippen LogP contribution in [0.5, 0.6) is 0 Å². The van der Waals surface area contributed by atoms with Crippen LogP contribution in [0.3, 0.4) is 0 Å². The number of benzene rings is 2. The van der Waals surface area contributed by atoms with Crippen molar-refractivity contribution in [3.05, 3.63) is 71.8 Å². The van der Waals surface area contributed by atoms with Gasteiger partial charge < -0.3 is 9.53 Å². The van der Waals surface area contributed by atoms with Crippen molar-refractivity contribution in [2.24, 2.45) is 0 Å². The van der Waals surface area contributed by atoms with Gasteiger partial charge in [-0.05, 0) is 30.8 Å². The summed E-state index contributed by atoms with van der Waals surface area (Å²) in [6.45, 7) is 6.54. The van der Waals surface area contributed by atoms with E-state index >= 15 is 0 Å². The summed E-state index contributed by atoms with van der Waals surface area (Å²) in [7, 11) is -1.68. The van der Waals surface area contributed by atoms with Gasteiger partial charge in [-0.1, -0.05) is 60.7 Å². The predicted octanol–water partition coefficient (Wildman–Crippen LogP) is 4.70. The SMILES string of the molecule is C[Si](C)(C)OC(CC(O)c1ccccc1)c1ccccc1. The molecule has 2 rings (SSSR count). The molecule has 21 heavy (non-hydrogen) atoms. The van der Waals surface area contributed by atoms with E-state index in [-0.39, 0.29) is 6.10 Å². The molecule has 0 fully saturated rings. The Hall–Kier alpha value is -1.42. The molecule has 2 aromatic carbocycles. The first-order chi connectivity index (χ1) is 9.96. The Bertz CT molecular complexity index is 534. The van der Waals surface area contributed by atoms with Gasteiger partial charge >= 0.3 is 0 Å². The van der Waals surface area contributed by atoms with Gasteiger partial charge in [0.2, 0.25) is 0 Å². The van der Waals surface area contributed by atoms with E-state index < -0.39 is 14.4 Å². The van der Waals surface area contributed by atoms with Gasteiger partial charge in [-0.15, -0.1) is 0 Å². The smallest absolute Gasteiger partial charge is 0.184 e. The lowest BCUT2D eigenvalue weighted by Crippen LogP contribution is -2.28. The summed E-state index contributed by atoms with van der Waals surface area (Å²) in [6.07, 6.45) is 0.0130. The number of hydrogen-bond acceptors (Lipinski definition) is 2. The van der Waals surface area contributed by atoms with Crippen LogP contribution >= 0.6 is 0 Å². The van der Waals surface area contributed by atoms with Crippen LogP contribution in [0.15, 0.2) is 60.7 Å². The second-order valence-electron chi connectivity index (χ2n) is 6.29. The Morgan fingerprint density at radius 1 is 0.857 bits per heavy atom. The minimum atomic E-state index is -1.68. The van der Waals surface area contributed by atoms with E-state index in [9.17, 15) is 5.11 Å². The van der Waals surface area contributed by atoms with E-state index in [4.69, 9.17) is 4.43 Å². The summed E-state index contributed by atoms with van der Waals surface area (Å²) < 4.78 is 6.29. The van der Waals surface area contributed by atoms with Gasteiger partial charge in [0.1, 0.15) is 0 Å². The number of aliphatic hydroxyl groups is 1. The Labute approximate surface area is 128 Å². The number of hydrogen-bond donors (Lipinski definition) is 1. The summed E-state index contributed by atoms with van der Waals surface area (Å²) in [5.41, 5.74) is 2.08. The zero-order valence-corrected chi connectivity index (χ0v) is 14.0. The van der Waals surface area contributed by atoms with Gasteiger partial charge in [0.15, 0.2) is 8.32 Å². The van der Waals surface area contributed by atoms with Crippen molar-refractivity contribution >= 4 is 8.32 Å². The molecule has 1 N–H and O–H groups in total. The average molecular weight is 300 g/mol. The van der Waals surface area contributed by atoms with Crippen LogP contribution in [0, 0.1) is 0 Å². The second-order valence-corrected chi connectivity index (χ2v) is 10.8. The Balaban J connectivity index is 2.16. The van der Waals surface area contributed by atoms with Gasteiger partial charge in [0.25, 0.3) is 0 Å². The van der Waals surface area contributed by atoms with E-state index in [1.54, 1.807) is 0 Å². The maximum Gasteiger partial charge on any atom is 0.184 e. The summed E-state index contributed by atoms with van der Waals surface area (Å²) in [5, 5.41) is 10.5. The standard InChI is InChI=1S/C18H24O2Si/c1-21(2,3)20-18(16-12-8-5-9-13-16)14-17(19)15-10-6-4-7-11-15/h4-13,17-19H,14H2,1-3H3. The normalized spacial score (nSPS) is 14.7. The zero-order chi connectivity index (χ0) is 15.3. The van der Waals surface area contributed by atoms with Crippen LogP contribution < -0.4 is 0 Å². The molecule has 0 amide bonds. The Morgan fingerprint density at radius 3 is 1.81 bits per heavy atom. The molecule has 2 unspecified atom stereocenters. The van der Waals surface area contributed by atoms with Gasteiger partial charge in [0, 0.05) is 6.42 Å². The predicted molar refractivity (Wildman–Crippen MR) is 89.6 cm³/mol. The molecule has 2 atom stereocenters. The molecule has 2 aromatic rings. The van der Waals surface area contributed by atoms with Crippen molar-refractivity contribution in [2.45, 2.75) is 38.3 Å². The first kappa shape index (κ1) is 16.0. The maximum atomic E-state index is 10.5. The molecule has 2 nitrogen and oxygen atoms in total. The van der Waals surface area contributed by atoms with Crippen molar-refractivity contribution < 1.29 is 9.53 Å². The molecule has 0 aliphatic carbocycles. The molecule has 0 aliphatic rings. The molecule has 0 bridgehead atoms. The summed E-state index contributed by atoms with van der Waals surface area (Å²) >= 11 is 0. The molecule has 3 heteroatoms. The van der Waals surface area contributed by atoms with Crippen LogP contribution in [0.25, 0.3) is 0 Å². The number of rotatable bonds is 6. The molecule has 0 saturated carbocycles.